The van der Waals surface area contributed by atoms with Crippen molar-refractivity contribution in [2.75, 3.05) is 13.1 Å². The van der Waals surface area contributed by atoms with Crippen LogP contribution in [0, 0.1) is 0 Å². The molecule has 0 aromatic heterocycles. The molecule has 0 saturated heterocycles. The summed E-state index contributed by atoms with van der Waals surface area (Å²) in [6, 6.07) is 7.34. The van der Waals surface area contributed by atoms with Crippen LogP contribution in [0.1, 0.15) is 48.0 Å². The van der Waals surface area contributed by atoms with Crippen LogP contribution in [0.2, 0.25) is 0 Å². The summed E-state index contributed by atoms with van der Waals surface area (Å²) < 4.78 is 0. The first kappa shape index (κ1) is 15.5. The van der Waals surface area contributed by atoms with Crippen molar-refractivity contribution in [2.45, 2.75) is 32.1 Å². The highest BCUT2D eigenvalue weighted by molar-refractivity contribution is 6.10. The molecular weight excluding hydrogens is 288 g/mol. The highest BCUT2D eigenvalue weighted by Gasteiger charge is 2.31. The summed E-state index contributed by atoms with van der Waals surface area (Å²) in [6.45, 7) is 4.61. The molecule has 0 fully saturated rings. The van der Waals surface area contributed by atoms with Gasteiger partial charge in [-0.2, -0.15) is 0 Å². The van der Waals surface area contributed by atoms with Gasteiger partial charge in [0.25, 0.3) is 5.91 Å². The minimum atomic E-state index is -0.143. The maximum atomic E-state index is 12.3. The molecule has 1 aliphatic heterocycles. The lowest BCUT2D eigenvalue weighted by Gasteiger charge is -2.17. The minimum Gasteiger partial charge on any atom is -0.354 e. The number of nitrogens with zero attached hydrogens (tertiary/aromatic N) is 1. The third-order valence-electron chi connectivity index (χ3n) is 4.49. The Labute approximate surface area is 136 Å². The first-order valence-electron chi connectivity index (χ1n) is 8.21. The second-order valence-corrected chi connectivity index (χ2v) is 6.09. The highest BCUT2D eigenvalue weighted by Crippen LogP contribution is 2.30. The molecule has 0 bridgehead atoms. The Bertz CT molecular complexity index is 641. The second-order valence-electron chi connectivity index (χ2n) is 6.09. The van der Waals surface area contributed by atoms with E-state index in [-0.39, 0.29) is 18.4 Å². The third-order valence-corrected chi connectivity index (χ3v) is 4.49. The smallest absolute Gasteiger partial charge is 0.259 e. The van der Waals surface area contributed by atoms with Gasteiger partial charge in [0.1, 0.15) is 6.54 Å². The van der Waals surface area contributed by atoms with Crippen molar-refractivity contribution in [3.8, 4) is 0 Å². The fourth-order valence-electron chi connectivity index (χ4n) is 3.20. The molecule has 0 spiro atoms. The number of carbonyl (C=O) groups is 2. The lowest BCUT2D eigenvalue weighted by molar-refractivity contribution is -0.121. The van der Waals surface area contributed by atoms with E-state index in [1.54, 1.807) is 6.07 Å². The van der Waals surface area contributed by atoms with Crippen LogP contribution in [0.25, 0.3) is 5.70 Å². The molecule has 2 amide bonds. The van der Waals surface area contributed by atoms with Crippen molar-refractivity contribution in [1.29, 1.82) is 0 Å². The van der Waals surface area contributed by atoms with Gasteiger partial charge < -0.3 is 5.32 Å². The lowest BCUT2D eigenvalue weighted by atomic mass is 9.97. The van der Waals surface area contributed by atoms with Crippen LogP contribution in [-0.4, -0.2) is 29.8 Å². The van der Waals surface area contributed by atoms with Gasteiger partial charge in [0.2, 0.25) is 5.91 Å². The minimum absolute atomic E-state index is 0.0331. The van der Waals surface area contributed by atoms with Crippen LogP contribution < -0.4 is 5.32 Å². The molecule has 0 radical (unpaired) electrons. The zero-order valence-electron chi connectivity index (χ0n) is 13.3. The van der Waals surface area contributed by atoms with Crippen LogP contribution in [0.3, 0.4) is 0 Å². The largest absolute Gasteiger partial charge is 0.354 e. The van der Waals surface area contributed by atoms with Gasteiger partial charge in [0, 0.05) is 23.4 Å². The topological polar surface area (TPSA) is 49.4 Å². The zero-order chi connectivity index (χ0) is 16.2. The number of hydrogen-bond acceptors (Lipinski definition) is 2. The molecule has 1 N–H and O–H groups in total. The van der Waals surface area contributed by atoms with Gasteiger partial charge in [-0.25, -0.2) is 0 Å². The van der Waals surface area contributed by atoms with Crippen molar-refractivity contribution in [2.24, 2.45) is 0 Å². The SMILES string of the molecule is C=C1c2ccccc2C(=O)N1CC(=O)NCCC1=CCCCC1. The summed E-state index contributed by atoms with van der Waals surface area (Å²) in [5.74, 6) is -0.278. The molecule has 0 atom stereocenters. The Morgan fingerprint density at radius 3 is 2.70 bits per heavy atom. The monoisotopic (exact) mass is 310 g/mol. The summed E-state index contributed by atoms with van der Waals surface area (Å²) >= 11 is 0. The molecule has 1 aliphatic carbocycles. The Kier molecular flexibility index (Phi) is 4.60. The van der Waals surface area contributed by atoms with Crippen molar-refractivity contribution in [3.63, 3.8) is 0 Å². The van der Waals surface area contributed by atoms with Crippen LogP contribution in [0.4, 0.5) is 0 Å². The Hall–Kier alpha value is -2.36. The van der Waals surface area contributed by atoms with E-state index < -0.39 is 0 Å². The van der Waals surface area contributed by atoms with Crippen LogP contribution >= 0.6 is 0 Å². The molecule has 120 valence electrons. The molecular formula is C19H22N2O2. The predicted octanol–water partition coefficient (Wildman–Crippen LogP) is 3.12. The first-order chi connectivity index (χ1) is 11.2. The van der Waals surface area contributed by atoms with Gasteiger partial charge in [-0.1, -0.05) is 36.4 Å². The number of hydrogen-bond donors (Lipinski definition) is 1. The average molecular weight is 310 g/mol. The van der Waals surface area contributed by atoms with Gasteiger partial charge in [-0.05, 0) is 38.2 Å². The van der Waals surface area contributed by atoms with E-state index in [1.807, 2.05) is 18.2 Å². The summed E-state index contributed by atoms with van der Waals surface area (Å²) in [6.07, 6.45) is 8.02. The van der Waals surface area contributed by atoms with E-state index in [0.29, 0.717) is 17.8 Å². The van der Waals surface area contributed by atoms with E-state index in [1.165, 1.54) is 23.3 Å². The maximum absolute atomic E-state index is 12.3. The van der Waals surface area contributed by atoms with E-state index in [9.17, 15) is 9.59 Å². The van der Waals surface area contributed by atoms with Crippen LogP contribution in [-0.2, 0) is 4.79 Å². The van der Waals surface area contributed by atoms with E-state index >= 15 is 0 Å². The highest BCUT2D eigenvalue weighted by atomic mass is 16.2. The molecule has 3 rings (SSSR count). The Balaban J connectivity index is 1.52. The number of allylic oxidation sites excluding steroid dienone is 1. The molecule has 4 nitrogen and oxygen atoms in total. The lowest BCUT2D eigenvalue weighted by Crippen LogP contribution is -2.37. The normalized spacial score (nSPS) is 17.0. The van der Waals surface area contributed by atoms with Gasteiger partial charge in [-0.15, -0.1) is 0 Å². The third kappa shape index (κ3) is 3.36. The van der Waals surface area contributed by atoms with Gasteiger partial charge in [-0.3, -0.25) is 14.5 Å². The molecule has 1 aromatic carbocycles. The summed E-state index contributed by atoms with van der Waals surface area (Å²) in [7, 11) is 0. The quantitative estimate of drug-likeness (QED) is 0.850. The molecule has 1 aromatic rings. The second kappa shape index (κ2) is 6.82. The van der Waals surface area contributed by atoms with E-state index in [2.05, 4.69) is 18.0 Å². The number of benzene rings is 1. The molecule has 0 saturated carbocycles. The van der Waals surface area contributed by atoms with E-state index in [0.717, 1.165) is 24.8 Å². The number of carbonyl (C=O) groups excluding carboxylic acids is 2. The van der Waals surface area contributed by atoms with Gasteiger partial charge in [0.15, 0.2) is 0 Å². The molecule has 1 heterocycles. The van der Waals surface area contributed by atoms with Crippen molar-refractivity contribution in [3.05, 3.63) is 53.6 Å². The number of amides is 2. The summed E-state index contributed by atoms with van der Waals surface area (Å²) in [4.78, 5) is 25.9. The number of fused-ring (bicyclic) bond motifs is 1. The molecule has 23 heavy (non-hydrogen) atoms. The zero-order valence-corrected chi connectivity index (χ0v) is 13.3. The number of nitrogens with one attached hydrogen (secondary N) is 1. The van der Waals surface area contributed by atoms with Crippen molar-refractivity contribution >= 4 is 17.5 Å². The molecule has 4 heteroatoms. The Morgan fingerprint density at radius 1 is 1.22 bits per heavy atom. The van der Waals surface area contributed by atoms with Crippen molar-refractivity contribution in [1.82, 2.24) is 10.2 Å². The first-order valence-corrected chi connectivity index (χ1v) is 8.21. The average Bonchev–Trinajstić information content (AvgIpc) is 2.81. The fourth-order valence-corrected chi connectivity index (χ4v) is 3.20. The van der Waals surface area contributed by atoms with Gasteiger partial charge in [0.05, 0.1) is 0 Å². The van der Waals surface area contributed by atoms with E-state index in [4.69, 9.17) is 0 Å². The molecule has 2 aliphatic rings. The maximum Gasteiger partial charge on any atom is 0.259 e. The van der Waals surface area contributed by atoms with Crippen LogP contribution in [0.15, 0.2) is 42.5 Å². The molecule has 0 unspecified atom stereocenters. The van der Waals surface area contributed by atoms with Crippen molar-refractivity contribution < 1.29 is 9.59 Å². The van der Waals surface area contributed by atoms with Gasteiger partial charge >= 0.3 is 0 Å². The summed E-state index contributed by atoms with van der Waals surface area (Å²) in [5, 5.41) is 2.91. The van der Waals surface area contributed by atoms with Crippen LogP contribution in [0.5, 0.6) is 0 Å². The summed E-state index contributed by atoms with van der Waals surface area (Å²) in [5.41, 5.74) is 3.48. The predicted molar refractivity (Wildman–Crippen MR) is 90.7 cm³/mol. The standard InChI is InChI=1S/C19H22N2O2/c1-14-16-9-5-6-10-17(16)19(23)21(14)13-18(22)20-12-11-15-7-3-2-4-8-15/h5-7,9-10H,1-4,8,11-13H2,(H,20,22). The Morgan fingerprint density at radius 2 is 2.00 bits per heavy atom. The number of rotatable bonds is 5. The fraction of sp³-hybridized carbons (Fsp3) is 0.368.